The van der Waals surface area contributed by atoms with Gasteiger partial charge in [0, 0.05) is 24.1 Å². The fourth-order valence-electron chi connectivity index (χ4n) is 1.83. The van der Waals surface area contributed by atoms with Crippen molar-refractivity contribution in [2.24, 2.45) is 10.9 Å². The average Bonchev–Trinajstić information content (AvgIpc) is 2.31. The van der Waals surface area contributed by atoms with E-state index in [9.17, 15) is 9.59 Å². The zero-order valence-corrected chi connectivity index (χ0v) is 11.0. The van der Waals surface area contributed by atoms with Crippen molar-refractivity contribution in [3.05, 3.63) is 28.2 Å². The smallest absolute Gasteiger partial charge is 0.148 e. The maximum absolute atomic E-state index is 11.6. The van der Waals surface area contributed by atoms with Gasteiger partial charge in [-0.25, -0.2) is 0 Å². The molecule has 1 saturated carbocycles. The highest BCUT2D eigenvalue weighted by Gasteiger charge is 2.28. The molecule has 0 aliphatic heterocycles. The third-order valence-electron chi connectivity index (χ3n) is 2.81. The van der Waals surface area contributed by atoms with E-state index in [1.807, 2.05) is 0 Å². The molecule has 3 nitrogen and oxygen atoms in total. The van der Waals surface area contributed by atoms with Gasteiger partial charge in [0.25, 0.3) is 0 Å². The van der Waals surface area contributed by atoms with Crippen LogP contribution in [0.5, 0.6) is 0 Å². The molecular formula is C13H11Cl2NO2. The summed E-state index contributed by atoms with van der Waals surface area (Å²) in [6.45, 7) is 0. The van der Waals surface area contributed by atoms with E-state index >= 15 is 0 Å². The summed E-state index contributed by atoms with van der Waals surface area (Å²) < 4.78 is 0. The Labute approximate surface area is 115 Å². The zero-order chi connectivity index (χ0) is 13.1. The van der Waals surface area contributed by atoms with E-state index in [-0.39, 0.29) is 11.6 Å². The Hall–Kier alpha value is -1.19. The molecule has 0 atom stereocenters. The minimum Gasteiger partial charge on any atom is -0.298 e. The molecule has 18 heavy (non-hydrogen) atoms. The van der Waals surface area contributed by atoms with Gasteiger partial charge in [-0.15, -0.1) is 0 Å². The van der Waals surface area contributed by atoms with E-state index < -0.39 is 5.92 Å². The number of rotatable bonds is 2. The lowest BCUT2D eigenvalue weighted by atomic mass is 9.87. The first-order valence-electron chi connectivity index (χ1n) is 5.62. The molecule has 0 amide bonds. The minimum absolute atomic E-state index is 0.0694. The molecule has 0 radical (unpaired) electrons. The van der Waals surface area contributed by atoms with Gasteiger partial charge in [-0.2, -0.15) is 0 Å². The van der Waals surface area contributed by atoms with Crippen LogP contribution in [0, 0.1) is 5.92 Å². The first-order chi connectivity index (χ1) is 8.58. The molecule has 1 aliphatic rings. The Bertz CT molecular complexity index is 510. The van der Waals surface area contributed by atoms with Gasteiger partial charge in [0.2, 0.25) is 0 Å². The maximum Gasteiger partial charge on any atom is 0.148 e. The van der Waals surface area contributed by atoms with Crippen LogP contribution in [0.1, 0.15) is 19.3 Å². The Balaban J connectivity index is 2.19. The van der Waals surface area contributed by atoms with Crippen LogP contribution >= 0.6 is 23.2 Å². The van der Waals surface area contributed by atoms with Gasteiger partial charge >= 0.3 is 0 Å². The molecule has 2 rings (SSSR count). The van der Waals surface area contributed by atoms with Crippen molar-refractivity contribution in [1.29, 1.82) is 0 Å². The highest BCUT2D eigenvalue weighted by Crippen LogP contribution is 2.28. The van der Waals surface area contributed by atoms with Crippen molar-refractivity contribution in [3.63, 3.8) is 0 Å². The molecule has 0 spiro atoms. The van der Waals surface area contributed by atoms with Crippen LogP contribution in [0.2, 0.25) is 10.0 Å². The average molecular weight is 284 g/mol. The first kappa shape index (κ1) is 13.2. The quantitative estimate of drug-likeness (QED) is 0.615. The lowest BCUT2D eigenvalue weighted by Gasteiger charge is -2.15. The number of aliphatic imine (C=N–C) groups is 1. The zero-order valence-electron chi connectivity index (χ0n) is 9.53. The Morgan fingerprint density at radius 1 is 1.17 bits per heavy atom. The SMILES string of the molecule is O=C1CCCC(=O)C1C=Nc1ccc(Cl)cc1Cl. The van der Waals surface area contributed by atoms with Gasteiger partial charge in [-0.1, -0.05) is 23.2 Å². The number of carbonyl (C=O) groups excluding carboxylic acids is 2. The summed E-state index contributed by atoms with van der Waals surface area (Å²) in [6.07, 6.45) is 2.91. The molecule has 0 bridgehead atoms. The third-order valence-corrected chi connectivity index (χ3v) is 3.35. The molecule has 0 heterocycles. The number of Topliss-reactive ketones (excluding diaryl/α,β-unsaturated/α-hetero) is 2. The van der Waals surface area contributed by atoms with Crippen LogP contribution in [0.25, 0.3) is 0 Å². The number of ketones is 2. The molecule has 0 saturated heterocycles. The third kappa shape index (κ3) is 2.98. The highest BCUT2D eigenvalue weighted by atomic mass is 35.5. The van der Waals surface area contributed by atoms with Crippen LogP contribution in [0.4, 0.5) is 5.69 Å². The van der Waals surface area contributed by atoms with Gasteiger partial charge < -0.3 is 0 Å². The highest BCUT2D eigenvalue weighted by molar-refractivity contribution is 6.36. The number of halogens is 2. The van der Waals surface area contributed by atoms with Crippen LogP contribution in [-0.2, 0) is 9.59 Å². The second-order valence-electron chi connectivity index (χ2n) is 4.14. The summed E-state index contributed by atoms with van der Waals surface area (Å²) in [5, 5.41) is 0.915. The predicted molar refractivity (Wildman–Crippen MR) is 72.0 cm³/mol. The number of benzene rings is 1. The summed E-state index contributed by atoms with van der Waals surface area (Å²) in [7, 11) is 0. The van der Waals surface area contributed by atoms with Crippen LogP contribution in [0.15, 0.2) is 23.2 Å². The van der Waals surface area contributed by atoms with Crippen molar-refractivity contribution in [1.82, 2.24) is 0 Å². The van der Waals surface area contributed by atoms with Crippen molar-refractivity contribution in [2.75, 3.05) is 0 Å². The monoisotopic (exact) mass is 283 g/mol. The summed E-state index contributed by atoms with van der Waals surface area (Å²) >= 11 is 11.7. The second kappa shape index (κ2) is 5.63. The lowest BCUT2D eigenvalue weighted by molar-refractivity contribution is -0.132. The Kier molecular flexibility index (Phi) is 4.15. The Morgan fingerprint density at radius 2 is 1.83 bits per heavy atom. The predicted octanol–water partition coefficient (Wildman–Crippen LogP) is 3.63. The molecule has 1 aromatic carbocycles. The number of hydrogen-bond donors (Lipinski definition) is 0. The van der Waals surface area contributed by atoms with Crippen LogP contribution in [0.3, 0.4) is 0 Å². The molecular weight excluding hydrogens is 273 g/mol. The van der Waals surface area contributed by atoms with E-state index in [4.69, 9.17) is 23.2 Å². The molecule has 94 valence electrons. The van der Waals surface area contributed by atoms with Gasteiger partial charge in [-0.05, 0) is 24.6 Å². The molecule has 1 fully saturated rings. The van der Waals surface area contributed by atoms with Crippen molar-refractivity contribution in [2.45, 2.75) is 19.3 Å². The molecule has 0 unspecified atom stereocenters. The van der Waals surface area contributed by atoms with E-state index in [0.717, 1.165) is 0 Å². The lowest BCUT2D eigenvalue weighted by Crippen LogP contribution is -2.29. The molecule has 1 aromatic rings. The summed E-state index contributed by atoms with van der Waals surface area (Å²) in [6, 6.07) is 4.88. The van der Waals surface area contributed by atoms with E-state index in [1.54, 1.807) is 18.2 Å². The first-order valence-corrected chi connectivity index (χ1v) is 6.38. The number of hydrogen-bond acceptors (Lipinski definition) is 3. The Morgan fingerprint density at radius 3 is 2.44 bits per heavy atom. The van der Waals surface area contributed by atoms with Gasteiger partial charge in [-0.3, -0.25) is 14.6 Å². The van der Waals surface area contributed by atoms with Gasteiger partial charge in [0.1, 0.15) is 17.5 Å². The van der Waals surface area contributed by atoms with Crippen molar-refractivity contribution in [3.8, 4) is 0 Å². The molecule has 5 heteroatoms. The summed E-state index contributed by atoms with van der Waals surface area (Å²) in [5.41, 5.74) is 0.507. The van der Waals surface area contributed by atoms with E-state index in [1.165, 1.54) is 6.21 Å². The standard InChI is InChI=1S/C13H11Cl2NO2/c14-8-4-5-11(10(15)6-8)16-7-9-12(17)2-1-3-13(9)18/h4-7,9H,1-3H2. The van der Waals surface area contributed by atoms with Crippen molar-refractivity contribution >= 4 is 46.7 Å². The maximum atomic E-state index is 11.6. The fraction of sp³-hybridized carbons (Fsp3) is 0.308. The van der Waals surface area contributed by atoms with E-state index in [2.05, 4.69) is 4.99 Å². The summed E-state index contributed by atoms with van der Waals surface area (Å²) in [5.74, 6) is -0.856. The van der Waals surface area contributed by atoms with E-state index in [0.29, 0.717) is 35.0 Å². The second-order valence-corrected chi connectivity index (χ2v) is 4.98. The molecule has 0 N–H and O–H groups in total. The minimum atomic E-state index is -0.717. The largest absolute Gasteiger partial charge is 0.298 e. The van der Waals surface area contributed by atoms with Gasteiger partial charge in [0.15, 0.2) is 0 Å². The fourth-order valence-corrected chi connectivity index (χ4v) is 2.29. The van der Waals surface area contributed by atoms with Gasteiger partial charge in [0.05, 0.1) is 10.7 Å². The molecule has 0 aromatic heterocycles. The summed E-state index contributed by atoms with van der Waals surface area (Å²) in [4.78, 5) is 27.3. The van der Waals surface area contributed by atoms with Crippen LogP contribution < -0.4 is 0 Å². The van der Waals surface area contributed by atoms with Crippen LogP contribution in [-0.4, -0.2) is 17.8 Å². The number of nitrogens with zero attached hydrogens (tertiary/aromatic N) is 1. The molecule has 1 aliphatic carbocycles. The number of carbonyl (C=O) groups is 2. The van der Waals surface area contributed by atoms with Crippen molar-refractivity contribution < 1.29 is 9.59 Å². The topological polar surface area (TPSA) is 46.5 Å². The normalized spacial score (nSPS) is 17.7.